The molecule has 0 unspecified atom stereocenters. The average Bonchev–Trinajstić information content (AvgIpc) is 2.84. The van der Waals surface area contributed by atoms with Gasteiger partial charge in [0.15, 0.2) is 5.69 Å². The number of hydrogen-bond donors (Lipinski definition) is 1. The highest BCUT2D eigenvalue weighted by molar-refractivity contribution is 7.11. The molecule has 10 heteroatoms. The lowest BCUT2D eigenvalue weighted by atomic mass is 10.1. The maximum absolute atomic E-state index is 13.0. The molecule has 3 heterocycles. The van der Waals surface area contributed by atoms with Crippen LogP contribution in [-0.2, 0) is 22.3 Å². The molecule has 0 aliphatic carbocycles. The summed E-state index contributed by atoms with van der Waals surface area (Å²) in [6, 6.07) is -0.197. The summed E-state index contributed by atoms with van der Waals surface area (Å²) >= 11 is 1.04. The number of thiazole rings is 1. The largest absolute Gasteiger partial charge is 0.434 e. The molecule has 1 atom stereocenters. The first-order chi connectivity index (χ1) is 10.8. The second-order valence-corrected chi connectivity index (χ2v) is 6.89. The van der Waals surface area contributed by atoms with Crippen molar-refractivity contribution in [3.63, 3.8) is 0 Å². The molecule has 23 heavy (non-hydrogen) atoms. The van der Waals surface area contributed by atoms with E-state index in [1.165, 1.54) is 4.90 Å². The Morgan fingerprint density at radius 2 is 2.09 bits per heavy atom. The van der Waals surface area contributed by atoms with Gasteiger partial charge in [0, 0.05) is 32.7 Å². The van der Waals surface area contributed by atoms with E-state index in [1.807, 2.05) is 4.90 Å². The first-order valence-corrected chi connectivity index (χ1v) is 7.92. The van der Waals surface area contributed by atoms with Gasteiger partial charge in [0.25, 0.3) is 0 Å². The second kappa shape index (κ2) is 5.75. The lowest BCUT2D eigenvalue weighted by Gasteiger charge is -2.43. The Balaban J connectivity index is 1.71. The molecule has 6 nitrogen and oxygen atoms in total. The normalized spacial score (nSPS) is 23.0. The highest BCUT2D eigenvalue weighted by Gasteiger charge is 2.40. The smallest absolute Gasteiger partial charge is 0.346 e. The van der Waals surface area contributed by atoms with Crippen LogP contribution < -0.4 is 5.32 Å². The van der Waals surface area contributed by atoms with E-state index in [0.717, 1.165) is 11.3 Å². The van der Waals surface area contributed by atoms with Crippen LogP contribution in [0.25, 0.3) is 0 Å². The highest BCUT2D eigenvalue weighted by atomic mass is 32.1. The minimum absolute atomic E-state index is 0.146. The molecule has 1 aromatic heterocycles. The van der Waals surface area contributed by atoms with Gasteiger partial charge in [0.1, 0.15) is 0 Å². The molecule has 2 saturated heterocycles. The number of alkyl halides is 3. The van der Waals surface area contributed by atoms with E-state index in [4.69, 9.17) is 0 Å². The van der Waals surface area contributed by atoms with Crippen LogP contribution in [0.1, 0.15) is 15.6 Å². The van der Waals surface area contributed by atoms with Gasteiger partial charge in [-0.3, -0.25) is 14.5 Å². The van der Waals surface area contributed by atoms with Crippen LogP contribution in [0.2, 0.25) is 0 Å². The molecule has 3 rings (SSSR count). The van der Waals surface area contributed by atoms with E-state index in [9.17, 15) is 22.8 Å². The van der Waals surface area contributed by atoms with Crippen molar-refractivity contribution in [1.29, 1.82) is 0 Å². The average molecular weight is 348 g/mol. The van der Waals surface area contributed by atoms with Gasteiger partial charge >= 0.3 is 18.0 Å². The Morgan fingerprint density at radius 1 is 1.35 bits per heavy atom. The summed E-state index contributed by atoms with van der Waals surface area (Å²) in [6.07, 6.45) is -4.46. The van der Waals surface area contributed by atoms with Crippen LogP contribution in [0, 0.1) is 6.92 Å². The zero-order chi connectivity index (χ0) is 16.8. The van der Waals surface area contributed by atoms with Gasteiger partial charge < -0.3 is 10.2 Å². The fraction of sp³-hybridized carbons (Fsp3) is 0.615. The first-order valence-electron chi connectivity index (χ1n) is 7.10. The number of aryl methyl sites for hydroxylation is 1. The van der Waals surface area contributed by atoms with Crippen molar-refractivity contribution < 1.29 is 22.8 Å². The third kappa shape index (κ3) is 3.18. The van der Waals surface area contributed by atoms with Crippen LogP contribution in [0.4, 0.5) is 13.2 Å². The Labute approximate surface area is 134 Å². The molecule has 0 saturated carbocycles. The molecule has 1 N–H and O–H groups in total. The van der Waals surface area contributed by atoms with Gasteiger partial charge in [0.2, 0.25) is 0 Å². The van der Waals surface area contributed by atoms with Gasteiger partial charge in [-0.05, 0) is 6.92 Å². The fourth-order valence-electron chi connectivity index (χ4n) is 2.92. The lowest BCUT2D eigenvalue weighted by molar-refractivity contribution is -0.152. The molecule has 1 aromatic rings. The molecule has 2 aliphatic heterocycles. The van der Waals surface area contributed by atoms with Crippen molar-refractivity contribution in [3.05, 3.63) is 15.6 Å². The summed E-state index contributed by atoms with van der Waals surface area (Å²) in [5.41, 5.74) is -0.824. The van der Waals surface area contributed by atoms with E-state index in [2.05, 4.69) is 10.3 Å². The number of hydrogen-bond acceptors (Lipinski definition) is 5. The van der Waals surface area contributed by atoms with E-state index in [1.54, 1.807) is 6.92 Å². The van der Waals surface area contributed by atoms with Gasteiger partial charge in [-0.15, -0.1) is 11.3 Å². The van der Waals surface area contributed by atoms with E-state index in [0.29, 0.717) is 31.2 Å². The van der Waals surface area contributed by atoms with Gasteiger partial charge in [-0.1, -0.05) is 0 Å². The fourth-order valence-corrected chi connectivity index (χ4v) is 3.92. The molecule has 2 aliphatic rings. The number of carbonyl (C=O) groups is 2. The van der Waals surface area contributed by atoms with Crippen molar-refractivity contribution in [2.75, 3.05) is 26.2 Å². The number of nitrogens with one attached hydrogen (secondary N) is 1. The maximum Gasteiger partial charge on any atom is 0.434 e. The predicted molar refractivity (Wildman–Crippen MR) is 75.6 cm³/mol. The van der Waals surface area contributed by atoms with Gasteiger partial charge in [-0.2, -0.15) is 13.2 Å². The summed E-state index contributed by atoms with van der Waals surface area (Å²) in [4.78, 5) is 30.2. The molecule has 0 radical (unpaired) electrons. The summed E-state index contributed by atoms with van der Waals surface area (Å²) in [5.74, 6) is -1.18. The summed E-state index contributed by atoms with van der Waals surface area (Å²) in [5, 5.41) is 2.89. The number of carbonyl (C=O) groups excluding carboxylic acids is 2. The summed E-state index contributed by atoms with van der Waals surface area (Å²) < 4.78 is 39.0. The lowest BCUT2D eigenvalue weighted by Crippen LogP contribution is -2.65. The maximum atomic E-state index is 13.0. The molecule has 2 amide bonds. The molecule has 0 aromatic carbocycles. The molecular formula is C13H15F3N4O2S. The minimum Gasteiger partial charge on any atom is -0.346 e. The minimum atomic E-state index is -4.46. The summed E-state index contributed by atoms with van der Waals surface area (Å²) in [7, 11) is 0. The first kappa shape index (κ1) is 16.2. The quantitative estimate of drug-likeness (QED) is 0.796. The van der Waals surface area contributed by atoms with E-state index < -0.39 is 23.7 Å². The third-order valence-electron chi connectivity index (χ3n) is 3.96. The number of rotatable bonds is 2. The number of aromatic nitrogens is 1. The van der Waals surface area contributed by atoms with E-state index in [-0.39, 0.29) is 17.5 Å². The number of piperazine rings is 2. The van der Waals surface area contributed by atoms with Crippen LogP contribution in [0.3, 0.4) is 0 Å². The Bertz CT molecular complexity index is 646. The van der Waals surface area contributed by atoms with Crippen LogP contribution in [-0.4, -0.2) is 58.8 Å². The number of amides is 2. The molecular weight excluding hydrogens is 333 g/mol. The number of fused-ring (bicyclic) bond motifs is 1. The van der Waals surface area contributed by atoms with Gasteiger partial charge in [0.05, 0.1) is 15.9 Å². The topological polar surface area (TPSA) is 65.5 Å². The highest BCUT2D eigenvalue weighted by Crippen LogP contribution is 2.35. The van der Waals surface area contributed by atoms with Crippen molar-refractivity contribution >= 4 is 23.2 Å². The van der Waals surface area contributed by atoms with Crippen molar-refractivity contribution in [2.24, 2.45) is 0 Å². The number of nitrogens with zero attached hydrogens (tertiary/aromatic N) is 3. The molecule has 0 bridgehead atoms. The zero-order valence-electron chi connectivity index (χ0n) is 12.3. The monoisotopic (exact) mass is 348 g/mol. The van der Waals surface area contributed by atoms with Crippen LogP contribution in [0.5, 0.6) is 0 Å². The second-order valence-electron chi connectivity index (χ2n) is 5.60. The summed E-state index contributed by atoms with van der Waals surface area (Å²) in [6.45, 7) is 3.23. The Morgan fingerprint density at radius 3 is 2.78 bits per heavy atom. The molecule has 126 valence electrons. The molecule has 0 spiro atoms. The van der Waals surface area contributed by atoms with E-state index >= 15 is 0 Å². The van der Waals surface area contributed by atoms with Crippen molar-refractivity contribution in [3.8, 4) is 0 Å². The Kier molecular flexibility index (Phi) is 4.05. The Hall–Kier alpha value is -1.68. The molecule has 2 fully saturated rings. The van der Waals surface area contributed by atoms with Crippen LogP contribution in [0.15, 0.2) is 0 Å². The van der Waals surface area contributed by atoms with Crippen molar-refractivity contribution in [2.45, 2.75) is 25.7 Å². The van der Waals surface area contributed by atoms with Crippen molar-refractivity contribution in [1.82, 2.24) is 20.1 Å². The van der Waals surface area contributed by atoms with Crippen LogP contribution >= 0.6 is 11.3 Å². The standard InChI is InChI=1S/C13H15F3N4O2S/c1-7-18-10(13(14,15)16)9(23-7)6-19-2-3-20-8(5-19)4-17-11(21)12(20)22/h8H,2-6H2,1H3,(H,17,21)/t8-/m0/s1. The third-order valence-corrected chi connectivity index (χ3v) is 4.92. The van der Waals surface area contributed by atoms with Gasteiger partial charge in [-0.25, -0.2) is 4.98 Å². The zero-order valence-corrected chi connectivity index (χ0v) is 13.1. The predicted octanol–water partition coefficient (Wildman–Crippen LogP) is 0.613. The number of halogens is 3. The SMILES string of the molecule is Cc1nc(C(F)(F)F)c(CN2CCN3C(=O)C(=O)NC[C@H]3C2)s1.